The normalized spacial score (nSPS) is 15.2. The van der Waals surface area contributed by atoms with Crippen LogP contribution in [-0.4, -0.2) is 18.4 Å². The third-order valence-corrected chi connectivity index (χ3v) is 1.62. The van der Waals surface area contributed by atoms with E-state index in [1.807, 2.05) is 6.92 Å². The third kappa shape index (κ3) is 4.53. The Kier molecular flexibility index (Phi) is 4.50. The van der Waals surface area contributed by atoms with Crippen molar-refractivity contribution in [3.05, 3.63) is 0 Å². The van der Waals surface area contributed by atoms with E-state index in [-0.39, 0.29) is 18.0 Å². The standard InChI is InChI=1S/C8H14O3/c1-6(4-5-9)7(2)11-8(3)10/h5-7H,4H2,1-3H3/t6-,7+/m1/s1. The van der Waals surface area contributed by atoms with Gasteiger partial charge in [-0.2, -0.15) is 0 Å². The van der Waals surface area contributed by atoms with Gasteiger partial charge in [0.15, 0.2) is 0 Å². The summed E-state index contributed by atoms with van der Waals surface area (Å²) in [5, 5.41) is 0. The maximum Gasteiger partial charge on any atom is 0.302 e. The summed E-state index contributed by atoms with van der Waals surface area (Å²) in [6.45, 7) is 5.03. The largest absolute Gasteiger partial charge is 0.463 e. The van der Waals surface area contributed by atoms with Crippen LogP contribution in [-0.2, 0) is 14.3 Å². The second kappa shape index (κ2) is 4.88. The molecule has 0 aromatic heterocycles. The molecule has 0 N–H and O–H groups in total. The monoisotopic (exact) mass is 158 g/mol. The summed E-state index contributed by atoms with van der Waals surface area (Å²) in [5.41, 5.74) is 0. The highest BCUT2D eigenvalue weighted by molar-refractivity contribution is 5.66. The molecule has 2 atom stereocenters. The van der Waals surface area contributed by atoms with Crippen molar-refractivity contribution in [2.24, 2.45) is 5.92 Å². The molecule has 0 heterocycles. The van der Waals surface area contributed by atoms with Crippen molar-refractivity contribution in [3.63, 3.8) is 0 Å². The number of ether oxygens (including phenoxy) is 1. The Hall–Kier alpha value is -0.860. The lowest BCUT2D eigenvalue weighted by atomic mass is 10.0. The van der Waals surface area contributed by atoms with Crippen molar-refractivity contribution in [2.45, 2.75) is 33.3 Å². The molecule has 0 rings (SSSR count). The lowest BCUT2D eigenvalue weighted by Crippen LogP contribution is -2.20. The maximum atomic E-state index is 10.5. The van der Waals surface area contributed by atoms with Gasteiger partial charge in [0, 0.05) is 13.3 Å². The first-order valence-corrected chi connectivity index (χ1v) is 3.68. The van der Waals surface area contributed by atoms with Crippen molar-refractivity contribution in [1.82, 2.24) is 0 Å². The van der Waals surface area contributed by atoms with E-state index in [0.717, 1.165) is 6.29 Å². The molecule has 0 bridgehead atoms. The topological polar surface area (TPSA) is 43.4 Å². The molecule has 0 fully saturated rings. The molecule has 0 aromatic rings. The SMILES string of the molecule is CC(=O)O[C@@H](C)[C@H](C)CC=O. The fraction of sp³-hybridized carbons (Fsp3) is 0.750. The Morgan fingerprint density at radius 1 is 1.55 bits per heavy atom. The molecule has 0 aliphatic carbocycles. The minimum Gasteiger partial charge on any atom is -0.463 e. The number of hydrogen-bond acceptors (Lipinski definition) is 3. The Bertz CT molecular complexity index is 142. The highest BCUT2D eigenvalue weighted by atomic mass is 16.5. The quantitative estimate of drug-likeness (QED) is 0.455. The lowest BCUT2D eigenvalue weighted by molar-refractivity contribution is -0.148. The van der Waals surface area contributed by atoms with Crippen molar-refractivity contribution in [1.29, 1.82) is 0 Å². The van der Waals surface area contributed by atoms with Gasteiger partial charge in [0.1, 0.15) is 12.4 Å². The van der Waals surface area contributed by atoms with Gasteiger partial charge < -0.3 is 9.53 Å². The minimum atomic E-state index is -0.296. The van der Waals surface area contributed by atoms with E-state index < -0.39 is 0 Å². The highest BCUT2D eigenvalue weighted by Gasteiger charge is 2.13. The number of carbonyl (C=O) groups is 2. The second-order valence-electron chi connectivity index (χ2n) is 2.69. The summed E-state index contributed by atoms with van der Waals surface area (Å²) >= 11 is 0. The molecule has 0 saturated heterocycles. The van der Waals surface area contributed by atoms with Gasteiger partial charge in [-0.1, -0.05) is 6.92 Å². The number of esters is 1. The van der Waals surface area contributed by atoms with Gasteiger partial charge in [0.25, 0.3) is 0 Å². The molecule has 0 aliphatic heterocycles. The van der Waals surface area contributed by atoms with E-state index in [2.05, 4.69) is 0 Å². The van der Waals surface area contributed by atoms with Gasteiger partial charge in [0.05, 0.1) is 0 Å². The number of rotatable bonds is 4. The molecule has 0 radical (unpaired) electrons. The first-order valence-electron chi connectivity index (χ1n) is 3.68. The molecule has 0 spiro atoms. The smallest absolute Gasteiger partial charge is 0.302 e. The molecule has 3 heteroatoms. The molecular weight excluding hydrogens is 144 g/mol. The fourth-order valence-electron chi connectivity index (χ4n) is 0.721. The number of carbonyl (C=O) groups excluding carboxylic acids is 2. The number of hydrogen-bond donors (Lipinski definition) is 0. The summed E-state index contributed by atoms with van der Waals surface area (Å²) in [5.74, 6) is -0.188. The van der Waals surface area contributed by atoms with Crippen LogP contribution in [0, 0.1) is 5.92 Å². The van der Waals surface area contributed by atoms with Crippen LogP contribution in [0.4, 0.5) is 0 Å². The molecule has 0 aliphatic rings. The van der Waals surface area contributed by atoms with E-state index in [9.17, 15) is 9.59 Å². The lowest BCUT2D eigenvalue weighted by Gasteiger charge is -2.16. The van der Waals surface area contributed by atoms with Gasteiger partial charge in [-0.25, -0.2) is 0 Å². The third-order valence-electron chi connectivity index (χ3n) is 1.62. The van der Waals surface area contributed by atoms with E-state index in [1.54, 1.807) is 6.92 Å². The molecule has 11 heavy (non-hydrogen) atoms. The first-order chi connectivity index (χ1) is 5.07. The van der Waals surface area contributed by atoms with Crippen molar-refractivity contribution < 1.29 is 14.3 Å². The molecule has 0 amide bonds. The molecule has 3 nitrogen and oxygen atoms in total. The van der Waals surface area contributed by atoms with Crippen LogP contribution in [0.3, 0.4) is 0 Å². The van der Waals surface area contributed by atoms with Gasteiger partial charge in [-0.3, -0.25) is 4.79 Å². The van der Waals surface area contributed by atoms with Crippen LogP contribution in [0.15, 0.2) is 0 Å². The van der Waals surface area contributed by atoms with Gasteiger partial charge >= 0.3 is 5.97 Å². The van der Waals surface area contributed by atoms with Crippen molar-refractivity contribution >= 4 is 12.3 Å². The molecule has 0 unspecified atom stereocenters. The highest BCUT2D eigenvalue weighted by Crippen LogP contribution is 2.09. The van der Waals surface area contributed by atoms with Crippen LogP contribution >= 0.6 is 0 Å². The van der Waals surface area contributed by atoms with E-state index in [0.29, 0.717) is 6.42 Å². The summed E-state index contributed by atoms with van der Waals surface area (Å²) in [7, 11) is 0. The zero-order valence-corrected chi connectivity index (χ0v) is 7.16. The fourth-order valence-corrected chi connectivity index (χ4v) is 0.721. The predicted molar refractivity (Wildman–Crippen MR) is 41.1 cm³/mol. The zero-order valence-electron chi connectivity index (χ0n) is 7.16. The van der Waals surface area contributed by atoms with Crippen LogP contribution in [0.1, 0.15) is 27.2 Å². The van der Waals surface area contributed by atoms with Gasteiger partial charge in [0.2, 0.25) is 0 Å². The minimum absolute atomic E-state index is 0.108. The van der Waals surface area contributed by atoms with Crippen LogP contribution < -0.4 is 0 Å². The van der Waals surface area contributed by atoms with E-state index in [4.69, 9.17) is 4.74 Å². The van der Waals surface area contributed by atoms with Crippen LogP contribution in [0.25, 0.3) is 0 Å². The summed E-state index contributed by atoms with van der Waals surface area (Å²) in [4.78, 5) is 20.5. The van der Waals surface area contributed by atoms with Gasteiger partial charge in [-0.15, -0.1) is 0 Å². The molecule has 64 valence electrons. The summed E-state index contributed by atoms with van der Waals surface area (Å²) < 4.78 is 4.87. The average molecular weight is 158 g/mol. The van der Waals surface area contributed by atoms with Crippen molar-refractivity contribution in [3.8, 4) is 0 Å². The van der Waals surface area contributed by atoms with Crippen LogP contribution in [0.2, 0.25) is 0 Å². The Morgan fingerprint density at radius 3 is 2.45 bits per heavy atom. The average Bonchev–Trinajstić information content (AvgIpc) is 1.86. The van der Waals surface area contributed by atoms with Crippen molar-refractivity contribution in [2.75, 3.05) is 0 Å². The first kappa shape index (κ1) is 10.1. The molecule has 0 aromatic carbocycles. The molecule has 0 saturated carbocycles. The Morgan fingerprint density at radius 2 is 2.09 bits per heavy atom. The maximum absolute atomic E-state index is 10.5. The van der Waals surface area contributed by atoms with Crippen LogP contribution in [0.5, 0.6) is 0 Å². The molecular formula is C8H14O3. The van der Waals surface area contributed by atoms with E-state index in [1.165, 1.54) is 6.92 Å². The van der Waals surface area contributed by atoms with Gasteiger partial charge in [-0.05, 0) is 12.8 Å². The predicted octanol–water partition coefficient (Wildman–Crippen LogP) is 1.16. The summed E-state index contributed by atoms with van der Waals surface area (Å²) in [6, 6.07) is 0. The van der Waals surface area contributed by atoms with E-state index >= 15 is 0 Å². The second-order valence-corrected chi connectivity index (χ2v) is 2.69. The Balaban J connectivity index is 3.71. The summed E-state index contributed by atoms with van der Waals surface area (Å²) in [6.07, 6.45) is 1.11. The number of aldehydes is 1. The zero-order chi connectivity index (χ0) is 8.85. The Labute approximate surface area is 66.7 Å².